The molecular weight excluding hydrogens is 440 g/mol. The van der Waals surface area contributed by atoms with E-state index in [0.29, 0.717) is 0 Å². The van der Waals surface area contributed by atoms with Crippen LogP contribution in [0.5, 0.6) is 0 Å². The molecule has 0 atom stereocenters. The summed E-state index contributed by atoms with van der Waals surface area (Å²) >= 11 is 9.50. The lowest BCUT2D eigenvalue weighted by Crippen LogP contribution is -2.37. The van der Waals surface area contributed by atoms with Gasteiger partial charge in [-0.15, -0.1) is 24.0 Å². The molecule has 0 heterocycles. The van der Waals surface area contributed by atoms with Crippen LogP contribution in [-0.2, 0) is 6.42 Å². The topological polar surface area (TPSA) is 36.4 Å². The van der Waals surface area contributed by atoms with E-state index in [4.69, 9.17) is 11.6 Å². The highest BCUT2D eigenvalue weighted by Gasteiger charge is 2.01. The Morgan fingerprint density at radius 2 is 1.89 bits per heavy atom. The molecule has 0 amide bonds. The number of guanidine groups is 1. The van der Waals surface area contributed by atoms with E-state index < -0.39 is 0 Å². The van der Waals surface area contributed by atoms with Gasteiger partial charge in [0.05, 0.1) is 0 Å². The molecule has 108 valence electrons. The van der Waals surface area contributed by atoms with Gasteiger partial charge in [-0.05, 0) is 44.0 Å². The van der Waals surface area contributed by atoms with Gasteiger partial charge in [0.2, 0.25) is 0 Å². The Bertz CT molecular complexity index is 405. The number of nitrogens with zero attached hydrogens (tertiary/aromatic N) is 1. The highest BCUT2D eigenvalue weighted by Crippen LogP contribution is 2.21. The summed E-state index contributed by atoms with van der Waals surface area (Å²) in [5.41, 5.74) is 1.18. The van der Waals surface area contributed by atoms with Crippen molar-refractivity contribution in [1.82, 2.24) is 10.6 Å². The maximum absolute atomic E-state index is 5.98. The van der Waals surface area contributed by atoms with E-state index in [1.165, 1.54) is 5.56 Å². The van der Waals surface area contributed by atoms with Gasteiger partial charge < -0.3 is 10.6 Å². The molecule has 6 heteroatoms. The van der Waals surface area contributed by atoms with Crippen LogP contribution in [0, 0.1) is 0 Å². The Labute approximate surface area is 145 Å². The molecule has 1 aromatic carbocycles. The SMILES string of the molecule is CCNC(=NCCc1cc(Cl)ccc1Br)NCC.I. The standard InChI is InChI=1S/C13H19BrClN3.HI/c1-3-16-13(17-4-2)18-8-7-10-9-11(15)5-6-12(10)14;/h5-6,9H,3-4,7-8H2,1-2H3,(H2,16,17,18);1H. The molecule has 0 saturated carbocycles. The van der Waals surface area contributed by atoms with Gasteiger partial charge in [0.25, 0.3) is 0 Å². The first-order chi connectivity index (χ1) is 8.67. The lowest BCUT2D eigenvalue weighted by atomic mass is 10.1. The van der Waals surface area contributed by atoms with Crippen LogP contribution in [0.25, 0.3) is 0 Å². The van der Waals surface area contributed by atoms with Crippen molar-refractivity contribution in [1.29, 1.82) is 0 Å². The largest absolute Gasteiger partial charge is 0.357 e. The molecule has 1 aromatic rings. The molecule has 0 aliphatic heterocycles. The smallest absolute Gasteiger partial charge is 0.191 e. The summed E-state index contributed by atoms with van der Waals surface area (Å²) in [5.74, 6) is 0.859. The monoisotopic (exact) mass is 459 g/mol. The van der Waals surface area contributed by atoms with Gasteiger partial charge in [-0.2, -0.15) is 0 Å². The molecule has 0 bridgehead atoms. The van der Waals surface area contributed by atoms with Crippen molar-refractivity contribution in [2.24, 2.45) is 4.99 Å². The molecule has 0 unspecified atom stereocenters. The normalized spacial score (nSPS) is 9.47. The molecule has 0 saturated heterocycles. The van der Waals surface area contributed by atoms with E-state index in [1.54, 1.807) is 0 Å². The van der Waals surface area contributed by atoms with Gasteiger partial charge in [-0.25, -0.2) is 0 Å². The van der Waals surface area contributed by atoms with Gasteiger partial charge in [-0.3, -0.25) is 4.99 Å². The lowest BCUT2D eigenvalue weighted by molar-refractivity contribution is 0.832. The summed E-state index contributed by atoms with van der Waals surface area (Å²) in [4.78, 5) is 4.50. The Balaban J connectivity index is 0.00000324. The molecule has 0 radical (unpaired) electrons. The van der Waals surface area contributed by atoms with E-state index in [-0.39, 0.29) is 24.0 Å². The van der Waals surface area contributed by atoms with Crippen LogP contribution in [-0.4, -0.2) is 25.6 Å². The fraction of sp³-hybridized carbons (Fsp3) is 0.462. The van der Waals surface area contributed by atoms with Crippen molar-refractivity contribution in [3.63, 3.8) is 0 Å². The van der Waals surface area contributed by atoms with Crippen LogP contribution in [0.4, 0.5) is 0 Å². The fourth-order valence-corrected chi connectivity index (χ4v) is 2.17. The zero-order chi connectivity index (χ0) is 13.4. The minimum atomic E-state index is 0. The number of nitrogens with one attached hydrogen (secondary N) is 2. The third kappa shape index (κ3) is 7.37. The zero-order valence-electron chi connectivity index (χ0n) is 11.2. The quantitative estimate of drug-likeness (QED) is 0.398. The number of hydrogen-bond acceptors (Lipinski definition) is 1. The van der Waals surface area contributed by atoms with Gasteiger partial charge in [0, 0.05) is 29.1 Å². The first kappa shape index (κ1) is 19.0. The van der Waals surface area contributed by atoms with Gasteiger partial charge in [0.1, 0.15) is 0 Å². The summed E-state index contributed by atoms with van der Waals surface area (Å²) in [5, 5.41) is 7.15. The second kappa shape index (κ2) is 10.7. The average molecular weight is 461 g/mol. The van der Waals surface area contributed by atoms with E-state index in [2.05, 4.69) is 45.4 Å². The van der Waals surface area contributed by atoms with Crippen molar-refractivity contribution >= 4 is 57.5 Å². The Kier molecular flexibility index (Phi) is 10.7. The minimum Gasteiger partial charge on any atom is -0.357 e. The van der Waals surface area contributed by atoms with Crippen molar-refractivity contribution in [3.8, 4) is 0 Å². The predicted molar refractivity (Wildman–Crippen MR) is 97.9 cm³/mol. The summed E-state index contributed by atoms with van der Waals surface area (Å²) in [6, 6.07) is 5.82. The second-order valence-electron chi connectivity index (χ2n) is 3.78. The van der Waals surface area contributed by atoms with E-state index in [9.17, 15) is 0 Å². The molecule has 3 nitrogen and oxygen atoms in total. The van der Waals surface area contributed by atoms with Crippen molar-refractivity contribution in [2.75, 3.05) is 19.6 Å². The molecule has 19 heavy (non-hydrogen) atoms. The molecule has 1 rings (SSSR count). The second-order valence-corrected chi connectivity index (χ2v) is 5.07. The highest BCUT2D eigenvalue weighted by molar-refractivity contribution is 14.0. The van der Waals surface area contributed by atoms with Crippen molar-refractivity contribution in [2.45, 2.75) is 20.3 Å². The molecule has 0 aromatic heterocycles. The summed E-state index contributed by atoms with van der Waals surface area (Å²) in [6.07, 6.45) is 0.863. The van der Waals surface area contributed by atoms with Crippen LogP contribution in [0.1, 0.15) is 19.4 Å². The molecule has 0 fully saturated rings. The summed E-state index contributed by atoms with van der Waals surface area (Å²) in [6.45, 7) is 6.58. The fourth-order valence-electron chi connectivity index (χ4n) is 1.53. The van der Waals surface area contributed by atoms with Crippen LogP contribution in [0.2, 0.25) is 5.02 Å². The first-order valence-electron chi connectivity index (χ1n) is 6.13. The maximum atomic E-state index is 5.98. The van der Waals surface area contributed by atoms with E-state index >= 15 is 0 Å². The third-order valence-electron chi connectivity index (χ3n) is 2.35. The van der Waals surface area contributed by atoms with Crippen molar-refractivity contribution in [3.05, 3.63) is 33.3 Å². The minimum absolute atomic E-state index is 0. The van der Waals surface area contributed by atoms with Gasteiger partial charge in [-0.1, -0.05) is 27.5 Å². The summed E-state index contributed by atoms with van der Waals surface area (Å²) in [7, 11) is 0. The number of hydrogen-bond donors (Lipinski definition) is 2. The van der Waals surface area contributed by atoms with Gasteiger partial charge in [0.15, 0.2) is 5.96 Å². The van der Waals surface area contributed by atoms with Crippen LogP contribution < -0.4 is 10.6 Å². The summed E-state index contributed by atoms with van der Waals surface area (Å²) < 4.78 is 1.08. The Morgan fingerprint density at radius 3 is 2.47 bits per heavy atom. The maximum Gasteiger partial charge on any atom is 0.191 e. The molecule has 0 spiro atoms. The average Bonchev–Trinajstić information content (AvgIpc) is 2.34. The molecular formula is C13H20BrClIN3. The number of benzene rings is 1. The van der Waals surface area contributed by atoms with Crippen LogP contribution >= 0.6 is 51.5 Å². The lowest BCUT2D eigenvalue weighted by Gasteiger charge is -2.09. The number of rotatable bonds is 5. The van der Waals surface area contributed by atoms with Crippen molar-refractivity contribution < 1.29 is 0 Å². The Morgan fingerprint density at radius 1 is 1.26 bits per heavy atom. The molecule has 0 aliphatic rings. The van der Waals surface area contributed by atoms with Gasteiger partial charge >= 0.3 is 0 Å². The first-order valence-corrected chi connectivity index (χ1v) is 7.30. The third-order valence-corrected chi connectivity index (χ3v) is 3.36. The molecule has 2 N–H and O–H groups in total. The zero-order valence-corrected chi connectivity index (χ0v) is 15.8. The van der Waals surface area contributed by atoms with Crippen LogP contribution in [0.3, 0.4) is 0 Å². The number of halogens is 3. The highest BCUT2D eigenvalue weighted by atomic mass is 127. The van der Waals surface area contributed by atoms with Crippen LogP contribution in [0.15, 0.2) is 27.7 Å². The number of aliphatic imine (C=N–C) groups is 1. The molecule has 0 aliphatic carbocycles. The van der Waals surface area contributed by atoms with E-state index in [1.807, 2.05) is 18.2 Å². The Hall–Kier alpha value is -0.0100. The predicted octanol–water partition coefficient (Wildman–Crippen LogP) is 3.84. The van der Waals surface area contributed by atoms with E-state index in [0.717, 1.165) is 41.5 Å².